The van der Waals surface area contributed by atoms with Crippen LogP contribution in [-0.2, 0) is 19.7 Å². The fourth-order valence-corrected chi connectivity index (χ4v) is 3.26. The van der Waals surface area contributed by atoms with Crippen LogP contribution in [0.25, 0.3) is 0 Å². The van der Waals surface area contributed by atoms with Crippen molar-refractivity contribution in [2.24, 2.45) is 0 Å². The molecule has 0 aliphatic rings. The van der Waals surface area contributed by atoms with E-state index in [2.05, 4.69) is 31.9 Å². The molecule has 0 amide bonds. The molecule has 0 heterocycles. The Morgan fingerprint density at radius 3 is 2.20 bits per heavy atom. The minimum Gasteiger partial charge on any atom is -0.496 e. The minimum absolute atomic E-state index is 0.0976. The van der Waals surface area contributed by atoms with Crippen LogP contribution in [0.3, 0.4) is 0 Å². The predicted octanol–water partition coefficient (Wildman–Crippen LogP) is 3.82. The van der Waals surface area contributed by atoms with Gasteiger partial charge in [0, 0.05) is 32.5 Å². The van der Waals surface area contributed by atoms with Gasteiger partial charge in [0.1, 0.15) is 11.5 Å². The Balaban J connectivity index is 2.78. The fraction of sp³-hybridized carbons (Fsp3) is 0.500. The molecule has 0 aromatic heterocycles. The average Bonchev–Trinajstić information content (AvgIpc) is 2.41. The zero-order valence-corrected chi connectivity index (χ0v) is 15.6. The van der Waals surface area contributed by atoms with E-state index in [0.29, 0.717) is 29.4 Å². The first kappa shape index (κ1) is 18.1. The highest BCUT2D eigenvalue weighted by Crippen LogP contribution is 2.31. The molecule has 0 aliphatic carbocycles. The second kappa shape index (κ2) is 8.46. The molecule has 4 nitrogen and oxygen atoms in total. The lowest BCUT2D eigenvalue weighted by molar-refractivity contribution is 0.314. The summed E-state index contributed by atoms with van der Waals surface area (Å²) in [6, 6.07) is 3.79. The van der Waals surface area contributed by atoms with Gasteiger partial charge in [-0.15, -0.1) is 0 Å². The topological polar surface area (TPSA) is 52.6 Å². The summed E-state index contributed by atoms with van der Waals surface area (Å²) < 4.78 is 32.6. The van der Waals surface area contributed by atoms with Crippen LogP contribution in [0.15, 0.2) is 12.1 Å². The Labute approximate surface area is 140 Å². The third-order valence-electron chi connectivity index (χ3n) is 2.54. The minimum atomic E-state index is -3.46. The first-order valence-corrected chi connectivity index (χ1v) is 10.5. The molecule has 0 bridgehead atoms. The number of halogens is 3. The monoisotopic (exact) mass is 448 g/mol. The van der Waals surface area contributed by atoms with E-state index in [9.17, 15) is 8.42 Å². The highest BCUT2D eigenvalue weighted by molar-refractivity contribution is 9.08. The van der Waals surface area contributed by atoms with Crippen molar-refractivity contribution in [2.45, 2.75) is 17.1 Å². The van der Waals surface area contributed by atoms with E-state index in [4.69, 9.17) is 20.2 Å². The molecule has 0 radical (unpaired) electrons. The number of benzene rings is 1. The number of methoxy groups -OCH3 is 1. The van der Waals surface area contributed by atoms with E-state index in [-0.39, 0.29) is 5.75 Å². The Kier molecular flexibility index (Phi) is 7.64. The lowest BCUT2D eigenvalue weighted by atomic mass is 10.1. The molecule has 20 heavy (non-hydrogen) atoms. The molecule has 0 aliphatic heterocycles. The summed E-state index contributed by atoms with van der Waals surface area (Å²) in [4.78, 5) is 0. The molecule has 0 saturated carbocycles. The van der Waals surface area contributed by atoms with E-state index < -0.39 is 9.05 Å². The van der Waals surface area contributed by atoms with Crippen molar-refractivity contribution in [3.63, 3.8) is 0 Å². The van der Waals surface area contributed by atoms with Crippen molar-refractivity contribution in [2.75, 3.05) is 19.5 Å². The summed E-state index contributed by atoms with van der Waals surface area (Å²) in [5, 5.41) is 1.26. The molecular weight excluding hydrogens is 435 g/mol. The fourth-order valence-electron chi connectivity index (χ4n) is 1.59. The number of alkyl halides is 2. The van der Waals surface area contributed by atoms with Crippen LogP contribution in [-0.4, -0.2) is 27.9 Å². The number of hydrogen-bond acceptors (Lipinski definition) is 4. The Hall–Kier alpha value is 0.0200. The molecule has 114 valence electrons. The maximum absolute atomic E-state index is 10.8. The van der Waals surface area contributed by atoms with Crippen molar-refractivity contribution in [3.8, 4) is 11.5 Å². The molecule has 0 fully saturated rings. The molecule has 0 spiro atoms. The second-order valence-electron chi connectivity index (χ2n) is 3.98. The summed E-state index contributed by atoms with van der Waals surface area (Å²) in [5.41, 5.74) is 1.91. The van der Waals surface area contributed by atoms with Gasteiger partial charge in [0.25, 0.3) is 0 Å². The first-order chi connectivity index (χ1) is 9.41. The van der Waals surface area contributed by atoms with E-state index in [1.54, 1.807) is 7.11 Å². The van der Waals surface area contributed by atoms with Gasteiger partial charge in [0.15, 0.2) is 0 Å². The molecule has 1 rings (SSSR count). The van der Waals surface area contributed by atoms with Gasteiger partial charge in [-0.25, -0.2) is 8.42 Å². The Morgan fingerprint density at radius 1 is 1.15 bits per heavy atom. The van der Waals surface area contributed by atoms with Gasteiger partial charge in [0.2, 0.25) is 9.05 Å². The van der Waals surface area contributed by atoms with Crippen molar-refractivity contribution >= 4 is 51.6 Å². The molecule has 0 unspecified atom stereocenters. The van der Waals surface area contributed by atoms with Gasteiger partial charge in [0.05, 0.1) is 19.5 Å². The molecule has 0 N–H and O–H groups in total. The normalized spacial score (nSPS) is 11.4. The number of hydrogen-bond donors (Lipinski definition) is 0. The molecule has 0 saturated heterocycles. The second-order valence-corrected chi connectivity index (χ2v) is 8.00. The van der Waals surface area contributed by atoms with Crippen LogP contribution in [0.2, 0.25) is 0 Å². The van der Waals surface area contributed by atoms with Gasteiger partial charge in [-0.1, -0.05) is 31.9 Å². The van der Waals surface area contributed by atoms with Crippen LogP contribution in [0.4, 0.5) is 0 Å². The maximum Gasteiger partial charge on any atom is 0.232 e. The predicted molar refractivity (Wildman–Crippen MR) is 88.0 cm³/mol. The van der Waals surface area contributed by atoms with Crippen LogP contribution in [0.5, 0.6) is 11.5 Å². The van der Waals surface area contributed by atoms with Crippen molar-refractivity contribution in [1.82, 2.24) is 0 Å². The number of rotatable bonds is 8. The highest BCUT2D eigenvalue weighted by Gasteiger charge is 2.11. The van der Waals surface area contributed by atoms with Gasteiger partial charge < -0.3 is 9.47 Å². The third kappa shape index (κ3) is 5.79. The maximum atomic E-state index is 10.8. The lowest BCUT2D eigenvalue weighted by Gasteiger charge is -2.14. The quantitative estimate of drug-likeness (QED) is 0.343. The molecular formula is C12H15Br2ClO4S. The zero-order valence-electron chi connectivity index (χ0n) is 10.9. The van der Waals surface area contributed by atoms with E-state index >= 15 is 0 Å². The molecule has 1 aromatic rings. The van der Waals surface area contributed by atoms with E-state index in [1.165, 1.54) is 0 Å². The molecule has 1 aromatic carbocycles. The molecule has 0 atom stereocenters. The summed E-state index contributed by atoms with van der Waals surface area (Å²) >= 11 is 6.79. The van der Waals surface area contributed by atoms with Gasteiger partial charge >= 0.3 is 0 Å². The third-order valence-corrected chi connectivity index (χ3v) is 4.99. The Bertz CT molecular complexity index is 549. The average molecular weight is 451 g/mol. The Morgan fingerprint density at radius 2 is 1.70 bits per heavy atom. The van der Waals surface area contributed by atoms with Crippen molar-refractivity contribution < 1.29 is 17.9 Å². The van der Waals surface area contributed by atoms with Crippen LogP contribution >= 0.6 is 42.5 Å². The standard InChI is InChI=1S/C12H15Br2ClO4S/c1-18-11-5-10(8-14)12(6-9(11)7-13)19-3-2-4-20(15,16)17/h5-6H,2-4,7-8H2,1H3. The van der Waals surface area contributed by atoms with E-state index in [0.717, 1.165) is 16.9 Å². The van der Waals surface area contributed by atoms with Gasteiger partial charge in [-0.2, -0.15) is 0 Å². The summed E-state index contributed by atoms with van der Waals surface area (Å²) in [6.45, 7) is 0.292. The largest absolute Gasteiger partial charge is 0.496 e. The van der Waals surface area contributed by atoms with Crippen LogP contribution < -0.4 is 9.47 Å². The number of ether oxygens (including phenoxy) is 2. The van der Waals surface area contributed by atoms with E-state index in [1.807, 2.05) is 12.1 Å². The summed E-state index contributed by atoms with van der Waals surface area (Å²) in [5.74, 6) is 1.40. The summed E-state index contributed by atoms with van der Waals surface area (Å²) in [6.07, 6.45) is 0.350. The smallest absolute Gasteiger partial charge is 0.232 e. The van der Waals surface area contributed by atoms with Crippen molar-refractivity contribution in [1.29, 1.82) is 0 Å². The summed E-state index contributed by atoms with van der Waals surface area (Å²) in [7, 11) is 3.30. The highest BCUT2D eigenvalue weighted by atomic mass is 79.9. The van der Waals surface area contributed by atoms with Gasteiger partial charge in [-0.05, 0) is 18.6 Å². The lowest BCUT2D eigenvalue weighted by Crippen LogP contribution is -2.06. The zero-order chi connectivity index (χ0) is 15.2. The SMILES string of the molecule is COc1cc(CBr)c(OCCCS(=O)(=O)Cl)cc1CBr. The van der Waals surface area contributed by atoms with Gasteiger partial charge in [-0.3, -0.25) is 0 Å². The molecule has 8 heteroatoms. The first-order valence-electron chi connectivity index (χ1n) is 5.78. The van der Waals surface area contributed by atoms with Crippen LogP contribution in [0.1, 0.15) is 17.5 Å². The van der Waals surface area contributed by atoms with Crippen LogP contribution in [0, 0.1) is 0 Å². The van der Waals surface area contributed by atoms with Crippen molar-refractivity contribution in [3.05, 3.63) is 23.3 Å².